The topological polar surface area (TPSA) is 64.4 Å². The average molecular weight is 376 g/mol. The van der Waals surface area contributed by atoms with E-state index in [1.165, 1.54) is 16.8 Å². The molecule has 1 aliphatic heterocycles. The molecule has 1 aromatic heterocycles. The number of carbonyl (C=O) groups excluding carboxylic acids is 1. The number of hydrogen-bond acceptors (Lipinski definition) is 4. The van der Waals surface area contributed by atoms with Gasteiger partial charge in [0.05, 0.1) is 6.04 Å². The molecule has 0 radical (unpaired) electrons. The van der Waals surface area contributed by atoms with Crippen molar-refractivity contribution in [2.24, 2.45) is 0 Å². The van der Waals surface area contributed by atoms with Gasteiger partial charge in [-0.05, 0) is 24.8 Å². The summed E-state index contributed by atoms with van der Waals surface area (Å²) >= 11 is 6.09. The van der Waals surface area contributed by atoms with Crippen LogP contribution < -0.4 is 10.3 Å². The molecule has 138 valence electrons. The predicted octanol–water partition coefficient (Wildman–Crippen LogP) is 2.46. The lowest BCUT2D eigenvalue weighted by Gasteiger charge is -2.26. The van der Waals surface area contributed by atoms with Crippen LogP contribution in [0.15, 0.2) is 47.3 Å². The zero-order valence-corrected chi connectivity index (χ0v) is 15.3. The Hall–Kier alpha value is -2.34. The quantitative estimate of drug-likeness (QED) is 0.727. The number of piperidine rings is 1. The Kier molecular flexibility index (Phi) is 6.28. The summed E-state index contributed by atoms with van der Waals surface area (Å²) in [6, 6.07) is 11.9. The SMILES string of the molecule is O=C(COc1ccc(=O)n(C(CCl)c2ccccc2)n1)N1CCCCC1. The molecular formula is C19H22ClN3O3. The molecule has 26 heavy (non-hydrogen) atoms. The molecule has 2 heterocycles. The van der Waals surface area contributed by atoms with Crippen LogP contribution in [0.5, 0.6) is 5.88 Å². The molecule has 1 amide bonds. The molecule has 1 atom stereocenters. The van der Waals surface area contributed by atoms with Crippen molar-refractivity contribution in [3.63, 3.8) is 0 Å². The molecule has 0 bridgehead atoms. The second kappa shape index (κ2) is 8.85. The first-order valence-corrected chi connectivity index (χ1v) is 9.34. The number of halogens is 1. The number of ether oxygens (including phenoxy) is 1. The normalized spacial score (nSPS) is 15.5. The van der Waals surface area contributed by atoms with Crippen molar-refractivity contribution < 1.29 is 9.53 Å². The Morgan fingerprint density at radius 3 is 2.54 bits per heavy atom. The van der Waals surface area contributed by atoms with Crippen molar-refractivity contribution in [2.75, 3.05) is 25.6 Å². The number of likely N-dealkylation sites (tertiary alicyclic amines) is 1. The number of benzene rings is 1. The second-order valence-corrected chi connectivity index (χ2v) is 6.57. The van der Waals surface area contributed by atoms with E-state index in [9.17, 15) is 9.59 Å². The minimum atomic E-state index is -0.397. The number of alkyl halides is 1. The second-order valence-electron chi connectivity index (χ2n) is 6.27. The van der Waals surface area contributed by atoms with Gasteiger partial charge in [0.2, 0.25) is 5.88 Å². The Balaban J connectivity index is 1.73. The zero-order valence-electron chi connectivity index (χ0n) is 14.5. The van der Waals surface area contributed by atoms with Gasteiger partial charge >= 0.3 is 0 Å². The summed E-state index contributed by atoms with van der Waals surface area (Å²) in [7, 11) is 0. The van der Waals surface area contributed by atoms with Crippen molar-refractivity contribution >= 4 is 17.5 Å². The molecule has 1 aromatic carbocycles. The van der Waals surface area contributed by atoms with E-state index < -0.39 is 6.04 Å². The first-order valence-electron chi connectivity index (χ1n) is 8.80. The lowest BCUT2D eigenvalue weighted by Crippen LogP contribution is -2.38. The summed E-state index contributed by atoms with van der Waals surface area (Å²) in [6.07, 6.45) is 3.23. The molecule has 0 N–H and O–H groups in total. The Bertz CT molecular complexity index is 788. The largest absolute Gasteiger partial charge is 0.467 e. The van der Waals surface area contributed by atoms with Gasteiger partial charge in [-0.25, -0.2) is 4.68 Å². The molecule has 3 rings (SSSR count). The number of carbonyl (C=O) groups is 1. The lowest BCUT2D eigenvalue weighted by atomic mass is 10.1. The summed E-state index contributed by atoms with van der Waals surface area (Å²) in [6.45, 7) is 1.47. The van der Waals surface area contributed by atoms with Crippen molar-refractivity contribution in [1.82, 2.24) is 14.7 Å². The highest BCUT2D eigenvalue weighted by molar-refractivity contribution is 6.18. The van der Waals surface area contributed by atoms with E-state index in [0.29, 0.717) is 0 Å². The fourth-order valence-electron chi connectivity index (χ4n) is 3.05. The van der Waals surface area contributed by atoms with Crippen LogP contribution in [0.3, 0.4) is 0 Å². The van der Waals surface area contributed by atoms with Crippen molar-refractivity contribution in [2.45, 2.75) is 25.3 Å². The van der Waals surface area contributed by atoms with Gasteiger partial charge in [0.15, 0.2) is 6.61 Å². The molecule has 1 aliphatic rings. The maximum Gasteiger partial charge on any atom is 0.267 e. The number of nitrogens with zero attached hydrogens (tertiary/aromatic N) is 3. The average Bonchev–Trinajstić information content (AvgIpc) is 2.70. The summed E-state index contributed by atoms with van der Waals surface area (Å²) in [4.78, 5) is 26.3. The van der Waals surface area contributed by atoms with Crippen LogP contribution in [0.25, 0.3) is 0 Å². The van der Waals surface area contributed by atoms with E-state index in [2.05, 4.69) is 5.10 Å². The fourth-order valence-corrected chi connectivity index (χ4v) is 3.36. The maximum atomic E-state index is 12.2. The highest BCUT2D eigenvalue weighted by Gasteiger charge is 2.19. The van der Waals surface area contributed by atoms with Gasteiger partial charge in [-0.3, -0.25) is 9.59 Å². The van der Waals surface area contributed by atoms with Gasteiger partial charge in [-0.1, -0.05) is 30.3 Å². The van der Waals surface area contributed by atoms with Crippen LogP contribution in [0.1, 0.15) is 30.9 Å². The molecule has 1 unspecified atom stereocenters. The van der Waals surface area contributed by atoms with Crippen LogP contribution >= 0.6 is 11.6 Å². The summed E-state index contributed by atoms with van der Waals surface area (Å²) in [5.41, 5.74) is 0.618. The third kappa shape index (κ3) is 4.43. The molecule has 0 spiro atoms. The predicted molar refractivity (Wildman–Crippen MR) is 99.7 cm³/mol. The molecule has 0 saturated carbocycles. The molecule has 7 heteroatoms. The first kappa shape index (κ1) is 18.5. The zero-order chi connectivity index (χ0) is 18.4. The van der Waals surface area contributed by atoms with Crippen LogP contribution in [0.4, 0.5) is 0 Å². The van der Waals surface area contributed by atoms with E-state index >= 15 is 0 Å². The Morgan fingerprint density at radius 1 is 1.12 bits per heavy atom. The maximum absolute atomic E-state index is 12.2. The third-order valence-electron chi connectivity index (χ3n) is 4.48. The fraction of sp³-hybridized carbons (Fsp3) is 0.421. The molecule has 1 fully saturated rings. The molecule has 2 aromatic rings. The van der Waals surface area contributed by atoms with E-state index in [1.54, 1.807) is 0 Å². The number of amides is 1. The highest BCUT2D eigenvalue weighted by Crippen LogP contribution is 2.18. The van der Waals surface area contributed by atoms with Gasteiger partial charge in [-0.2, -0.15) is 0 Å². The van der Waals surface area contributed by atoms with Gasteiger partial charge in [-0.15, -0.1) is 16.7 Å². The lowest BCUT2D eigenvalue weighted by molar-refractivity contribution is -0.134. The van der Waals surface area contributed by atoms with E-state index in [-0.39, 0.29) is 29.8 Å². The van der Waals surface area contributed by atoms with Crippen molar-refractivity contribution in [3.8, 4) is 5.88 Å². The molecule has 6 nitrogen and oxygen atoms in total. The molecular weight excluding hydrogens is 354 g/mol. The molecule has 0 aliphatic carbocycles. The Morgan fingerprint density at radius 2 is 1.85 bits per heavy atom. The third-order valence-corrected chi connectivity index (χ3v) is 4.77. The smallest absolute Gasteiger partial charge is 0.267 e. The van der Waals surface area contributed by atoms with Gasteiger partial charge in [0.25, 0.3) is 11.5 Å². The van der Waals surface area contributed by atoms with Gasteiger partial charge in [0, 0.05) is 31.1 Å². The van der Waals surface area contributed by atoms with Crippen LogP contribution in [0.2, 0.25) is 0 Å². The van der Waals surface area contributed by atoms with Crippen LogP contribution in [-0.2, 0) is 4.79 Å². The summed E-state index contributed by atoms with van der Waals surface area (Å²) < 4.78 is 6.85. The molecule has 1 saturated heterocycles. The van der Waals surface area contributed by atoms with Gasteiger partial charge < -0.3 is 9.64 Å². The first-order chi connectivity index (χ1) is 12.7. The van der Waals surface area contributed by atoms with E-state index in [1.807, 2.05) is 35.2 Å². The summed E-state index contributed by atoms with van der Waals surface area (Å²) in [5.74, 6) is 0.384. The van der Waals surface area contributed by atoms with Crippen molar-refractivity contribution in [1.29, 1.82) is 0 Å². The van der Waals surface area contributed by atoms with Crippen LogP contribution in [0, 0.1) is 0 Å². The van der Waals surface area contributed by atoms with E-state index in [4.69, 9.17) is 16.3 Å². The summed E-state index contributed by atoms with van der Waals surface area (Å²) in [5, 5.41) is 4.26. The minimum Gasteiger partial charge on any atom is -0.467 e. The van der Waals surface area contributed by atoms with Gasteiger partial charge in [0.1, 0.15) is 0 Å². The Labute approximate surface area is 157 Å². The standard InChI is InChI=1S/C19H22ClN3O3/c20-13-16(15-7-3-1-4-8-15)23-18(24)10-9-17(21-23)26-14-19(25)22-11-5-2-6-12-22/h1,3-4,7-10,16H,2,5-6,11-14H2. The number of hydrogen-bond donors (Lipinski definition) is 0. The number of rotatable bonds is 6. The van der Waals surface area contributed by atoms with Crippen molar-refractivity contribution in [3.05, 3.63) is 58.4 Å². The number of aromatic nitrogens is 2. The van der Waals surface area contributed by atoms with E-state index in [0.717, 1.165) is 37.9 Å². The highest BCUT2D eigenvalue weighted by atomic mass is 35.5. The monoisotopic (exact) mass is 375 g/mol. The minimum absolute atomic E-state index is 0.0544. The van der Waals surface area contributed by atoms with Crippen LogP contribution in [-0.4, -0.2) is 46.2 Å².